The number of ketones is 1. The summed E-state index contributed by atoms with van der Waals surface area (Å²) in [5, 5.41) is 5.04. The van der Waals surface area contributed by atoms with Gasteiger partial charge in [-0.15, -0.1) is 11.3 Å². The van der Waals surface area contributed by atoms with Gasteiger partial charge in [0.05, 0.1) is 17.7 Å². The first-order valence-corrected chi connectivity index (χ1v) is 8.79. The van der Waals surface area contributed by atoms with Gasteiger partial charge in [0.2, 0.25) is 5.78 Å². The number of carbonyl (C=O) groups excluding carboxylic acids is 1. The number of rotatable bonds is 6. The van der Waals surface area contributed by atoms with E-state index < -0.39 is 6.04 Å². The van der Waals surface area contributed by atoms with E-state index in [2.05, 4.69) is 5.32 Å². The molecular weight excluding hydrogens is 340 g/mol. The van der Waals surface area contributed by atoms with Gasteiger partial charge in [0, 0.05) is 11.6 Å². The number of pyridine rings is 1. The summed E-state index contributed by atoms with van der Waals surface area (Å²) in [5.41, 5.74) is 1.07. The Morgan fingerprint density at radius 1 is 1.33 bits per heavy atom. The van der Waals surface area contributed by atoms with E-state index in [9.17, 15) is 4.79 Å². The first kappa shape index (κ1) is 16.5. The molecular formula is C18H17N2O2S2+. The van der Waals surface area contributed by atoms with Gasteiger partial charge in [0.1, 0.15) is 5.76 Å². The normalized spacial score (nSPS) is 11.9. The molecule has 0 aliphatic heterocycles. The van der Waals surface area contributed by atoms with Gasteiger partial charge >= 0.3 is 0 Å². The smallest absolute Gasteiger partial charge is 0.271 e. The predicted molar refractivity (Wildman–Crippen MR) is 97.2 cm³/mol. The Labute approximate surface area is 149 Å². The molecule has 0 fully saturated rings. The summed E-state index contributed by atoms with van der Waals surface area (Å²) in [4.78, 5) is 14.1. The van der Waals surface area contributed by atoms with E-state index in [1.165, 1.54) is 11.3 Å². The van der Waals surface area contributed by atoms with Gasteiger partial charge in [-0.2, -0.15) is 4.57 Å². The maximum absolute atomic E-state index is 13.0. The Morgan fingerprint density at radius 2 is 2.21 bits per heavy atom. The molecule has 0 saturated heterocycles. The van der Waals surface area contributed by atoms with Gasteiger partial charge in [0.25, 0.3) is 6.04 Å². The molecule has 0 spiro atoms. The lowest BCUT2D eigenvalue weighted by molar-refractivity contribution is -0.692. The number of aryl methyl sites for hydroxylation is 1. The number of carbonyl (C=O) groups is 1. The highest BCUT2D eigenvalue weighted by molar-refractivity contribution is 7.80. The fourth-order valence-electron chi connectivity index (χ4n) is 2.40. The molecule has 1 atom stereocenters. The van der Waals surface area contributed by atoms with E-state index in [0.29, 0.717) is 16.4 Å². The van der Waals surface area contributed by atoms with Crippen LogP contribution >= 0.6 is 23.6 Å². The van der Waals surface area contributed by atoms with Gasteiger partial charge in [0.15, 0.2) is 17.4 Å². The van der Waals surface area contributed by atoms with Gasteiger partial charge in [-0.3, -0.25) is 4.79 Å². The molecule has 6 heteroatoms. The number of Topliss-reactive ketones (excluding diaryl/α,β-unsaturated/α-hetero) is 1. The molecule has 0 saturated carbocycles. The number of aromatic nitrogens is 1. The van der Waals surface area contributed by atoms with Crippen molar-refractivity contribution in [2.45, 2.75) is 19.5 Å². The van der Waals surface area contributed by atoms with Crippen LogP contribution in [0.4, 0.5) is 0 Å². The molecule has 3 aromatic rings. The number of thiophene rings is 1. The summed E-state index contributed by atoms with van der Waals surface area (Å²) < 4.78 is 7.17. The molecule has 1 N–H and O–H groups in total. The molecule has 0 radical (unpaired) electrons. The predicted octanol–water partition coefficient (Wildman–Crippen LogP) is 3.48. The van der Waals surface area contributed by atoms with Crippen LogP contribution in [0.5, 0.6) is 0 Å². The van der Waals surface area contributed by atoms with Crippen molar-refractivity contribution in [1.29, 1.82) is 0 Å². The van der Waals surface area contributed by atoms with Crippen LogP contribution in [0.2, 0.25) is 0 Å². The fraction of sp³-hybridized carbons (Fsp3) is 0.167. The van der Waals surface area contributed by atoms with E-state index in [4.69, 9.17) is 16.6 Å². The first-order valence-electron chi connectivity index (χ1n) is 7.50. The summed E-state index contributed by atoms with van der Waals surface area (Å²) >= 11 is 6.96. The van der Waals surface area contributed by atoms with Crippen molar-refractivity contribution in [2.24, 2.45) is 0 Å². The summed E-state index contributed by atoms with van der Waals surface area (Å²) in [6.45, 7) is 2.44. The van der Waals surface area contributed by atoms with Gasteiger partial charge in [-0.25, -0.2) is 0 Å². The van der Waals surface area contributed by atoms with Crippen molar-refractivity contribution in [3.8, 4) is 0 Å². The fourth-order valence-corrected chi connectivity index (χ4v) is 3.39. The van der Waals surface area contributed by atoms with E-state index in [0.717, 1.165) is 11.3 Å². The lowest BCUT2D eigenvalue weighted by atomic mass is 10.1. The zero-order chi connectivity index (χ0) is 16.9. The molecule has 24 heavy (non-hydrogen) atoms. The third-order valence-corrected chi connectivity index (χ3v) is 4.80. The average molecular weight is 357 g/mol. The maximum Gasteiger partial charge on any atom is 0.271 e. The monoisotopic (exact) mass is 357 g/mol. The summed E-state index contributed by atoms with van der Waals surface area (Å²) in [7, 11) is 0. The molecule has 0 aromatic carbocycles. The number of hydrogen-bond donors (Lipinski definition) is 1. The number of thiocarbonyl (C=S) groups is 1. The minimum absolute atomic E-state index is 0.0162. The highest BCUT2D eigenvalue weighted by Crippen LogP contribution is 2.16. The Hall–Kier alpha value is -2.31. The van der Waals surface area contributed by atoms with Crippen LogP contribution in [0.1, 0.15) is 27.0 Å². The average Bonchev–Trinajstić information content (AvgIpc) is 3.27. The van der Waals surface area contributed by atoms with E-state index >= 15 is 0 Å². The van der Waals surface area contributed by atoms with Gasteiger partial charge < -0.3 is 9.73 Å². The van der Waals surface area contributed by atoms with Crippen molar-refractivity contribution < 1.29 is 13.8 Å². The Morgan fingerprint density at radius 3 is 2.88 bits per heavy atom. The summed E-state index contributed by atoms with van der Waals surface area (Å²) in [6, 6.07) is 10.7. The summed E-state index contributed by atoms with van der Waals surface area (Å²) in [6.07, 6.45) is 5.41. The molecule has 0 unspecified atom stereocenters. The van der Waals surface area contributed by atoms with Gasteiger partial charge in [-0.05, 0) is 36.6 Å². The number of furan rings is 1. The number of hydrogen-bond acceptors (Lipinski definition) is 4. The second-order valence-corrected chi connectivity index (χ2v) is 6.76. The highest BCUT2D eigenvalue weighted by atomic mass is 32.1. The highest BCUT2D eigenvalue weighted by Gasteiger charge is 2.33. The SMILES string of the molecule is Cc1ccc[n+]([C@H](C(=O)c2cccs2)C(=S)NCc2ccco2)c1. The third-order valence-electron chi connectivity index (χ3n) is 3.55. The van der Waals surface area contributed by atoms with Crippen LogP contribution in [-0.4, -0.2) is 10.8 Å². The zero-order valence-corrected chi connectivity index (χ0v) is 14.8. The first-order chi connectivity index (χ1) is 11.6. The second-order valence-electron chi connectivity index (χ2n) is 5.37. The Bertz CT molecular complexity index is 827. The van der Waals surface area contributed by atoms with Crippen LogP contribution in [0.3, 0.4) is 0 Å². The quantitative estimate of drug-likeness (QED) is 0.417. The van der Waals surface area contributed by atoms with Crippen molar-refractivity contribution in [2.75, 3.05) is 0 Å². The van der Waals surface area contributed by atoms with Crippen LogP contribution < -0.4 is 9.88 Å². The van der Waals surface area contributed by atoms with Crippen molar-refractivity contribution >= 4 is 34.3 Å². The Balaban J connectivity index is 1.86. The summed E-state index contributed by atoms with van der Waals surface area (Å²) in [5.74, 6) is 0.756. The van der Waals surface area contributed by atoms with Gasteiger partial charge in [-0.1, -0.05) is 18.3 Å². The van der Waals surface area contributed by atoms with Crippen LogP contribution in [-0.2, 0) is 6.54 Å². The zero-order valence-electron chi connectivity index (χ0n) is 13.1. The molecule has 3 heterocycles. The molecule has 0 aliphatic rings. The lowest BCUT2D eigenvalue weighted by Crippen LogP contribution is -2.51. The minimum atomic E-state index is -0.575. The maximum atomic E-state index is 13.0. The van der Waals surface area contributed by atoms with Crippen LogP contribution in [0.25, 0.3) is 0 Å². The molecule has 3 rings (SSSR count). The van der Waals surface area contributed by atoms with Crippen LogP contribution in [0.15, 0.2) is 64.9 Å². The van der Waals surface area contributed by atoms with E-state index in [-0.39, 0.29) is 5.78 Å². The number of nitrogens with one attached hydrogen (secondary N) is 1. The molecule has 4 nitrogen and oxygen atoms in total. The molecule has 122 valence electrons. The topological polar surface area (TPSA) is 46.1 Å². The van der Waals surface area contributed by atoms with Crippen molar-refractivity contribution in [3.05, 3.63) is 76.6 Å². The second kappa shape index (κ2) is 7.51. The van der Waals surface area contributed by atoms with Crippen LogP contribution in [0, 0.1) is 6.92 Å². The van der Waals surface area contributed by atoms with E-state index in [1.54, 1.807) is 6.26 Å². The molecule has 0 amide bonds. The Kier molecular flexibility index (Phi) is 5.17. The third kappa shape index (κ3) is 3.77. The number of nitrogens with zero attached hydrogens (tertiary/aromatic N) is 1. The molecule has 0 aliphatic carbocycles. The minimum Gasteiger partial charge on any atom is -0.467 e. The standard InChI is InChI=1S/C18H16N2O2S2/c1-13-5-2-8-20(12-13)16(17(21)15-7-4-10-24-15)18(23)19-11-14-6-3-9-22-14/h2-10,12,16H,11H2,1H3/p+1/t16-/m1/s1. The van der Waals surface area contributed by atoms with E-state index in [1.807, 2.05) is 65.7 Å². The lowest BCUT2D eigenvalue weighted by Gasteiger charge is -2.13. The van der Waals surface area contributed by atoms with Crippen molar-refractivity contribution in [3.63, 3.8) is 0 Å². The van der Waals surface area contributed by atoms with Crippen molar-refractivity contribution in [1.82, 2.24) is 5.32 Å². The molecule has 3 aromatic heterocycles. The molecule has 0 bridgehead atoms. The largest absolute Gasteiger partial charge is 0.467 e.